The third kappa shape index (κ3) is 3.77. The molecule has 1 atom stereocenters. The van der Waals surface area contributed by atoms with Gasteiger partial charge >= 0.3 is 5.97 Å². The summed E-state index contributed by atoms with van der Waals surface area (Å²) in [4.78, 5) is 22.9. The van der Waals surface area contributed by atoms with Crippen LogP contribution < -0.4 is 5.32 Å². The van der Waals surface area contributed by atoms with E-state index in [4.69, 9.17) is 5.11 Å². The summed E-state index contributed by atoms with van der Waals surface area (Å²) in [6, 6.07) is 6.03. The summed E-state index contributed by atoms with van der Waals surface area (Å²) in [5, 5.41) is 21.3. The van der Waals surface area contributed by atoms with Crippen molar-refractivity contribution in [2.75, 3.05) is 6.54 Å². The van der Waals surface area contributed by atoms with Crippen molar-refractivity contribution >= 4 is 33.3 Å². The fraction of sp³-hybridized carbons (Fsp3) is 0.286. The van der Waals surface area contributed by atoms with E-state index >= 15 is 0 Å². The molecular formula is C14H14FNO4S. The van der Waals surface area contributed by atoms with E-state index in [-0.39, 0.29) is 6.54 Å². The van der Waals surface area contributed by atoms with Gasteiger partial charge in [0.25, 0.3) is 5.91 Å². The standard InChI is InChI=1S/C14H14FNO4S/c1-14(20,6-12(17)18)7-16-13(19)11-5-8-9(15)3-2-4-10(8)21-11/h2-5,20H,6-7H2,1H3,(H,16,19)(H,17,18). The van der Waals surface area contributed by atoms with E-state index in [9.17, 15) is 19.1 Å². The first kappa shape index (κ1) is 15.4. The molecule has 0 saturated carbocycles. The molecule has 0 aliphatic carbocycles. The van der Waals surface area contributed by atoms with Gasteiger partial charge in [0.2, 0.25) is 0 Å². The Morgan fingerprint density at radius 1 is 1.43 bits per heavy atom. The highest BCUT2D eigenvalue weighted by molar-refractivity contribution is 7.20. The van der Waals surface area contributed by atoms with Gasteiger partial charge in [0.1, 0.15) is 5.82 Å². The minimum atomic E-state index is -1.54. The van der Waals surface area contributed by atoms with Gasteiger partial charge in [-0.25, -0.2) is 4.39 Å². The van der Waals surface area contributed by atoms with Gasteiger partial charge < -0.3 is 15.5 Å². The molecule has 1 aromatic carbocycles. The molecule has 2 aromatic rings. The second kappa shape index (κ2) is 5.79. The molecule has 0 spiro atoms. The van der Waals surface area contributed by atoms with E-state index in [2.05, 4.69) is 5.32 Å². The molecule has 0 aliphatic heterocycles. The molecule has 2 rings (SSSR count). The van der Waals surface area contributed by atoms with Crippen LogP contribution in [0.4, 0.5) is 4.39 Å². The molecular weight excluding hydrogens is 297 g/mol. The molecule has 21 heavy (non-hydrogen) atoms. The van der Waals surface area contributed by atoms with E-state index in [1.54, 1.807) is 12.1 Å². The fourth-order valence-corrected chi connectivity index (χ4v) is 2.87. The maximum atomic E-state index is 13.6. The first-order valence-corrected chi connectivity index (χ1v) is 7.00. The Morgan fingerprint density at radius 2 is 2.14 bits per heavy atom. The minimum absolute atomic E-state index is 0.200. The molecule has 0 bridgehead atoms. The number of carbonyl (C=O) groups is 2. The molecule has 0 fully saturated rings. The number of fused-ring (bicyclic) bond motifs is 1. The van der Waals surface area contributed by atoms with Crippen LogP contribution in [0.2, 0.25) is 0 Å². The molecule has 0 radical (unpaired) electrons. The summed E-state index contributed by atoms with van der Waals surface area (Å²) in [5.74, 6) is -2.03. The van der Waals surface area contributed by atoms with E-state index in [1.807, 2.05) is 0 Å². The number of amides is 1. The number of aliphatic hydroxyl groups is 1. The predicted molar refractivity (Wildman–Crippen MR) is 77.0 cm³/mol. The number of hydrogen-bond donors (Lipinski definition) is 3. The summed E-state index contributed by atoms with van der Waals surface area (Å²) < 4.78 is 14.2. The number of carboxylic acid groups (broad SMARTS) is 1. The van der Waals surface area contributed by atoms with E-state index < -0.39 is 29.7 Å². The zero-order valence-corrected chi connectivity index (χ0v) is 12.0. The Bertz CT molecular complexity index is 695. The highest BCUT2D eigenvalue weighted by Gasteiger charge is 2.25. The number of rotatable bonds is 5. The van der Waals surface area contributed by atoms with Gasteiger partial charge in [0, 0.05) is 16.6 Å². The number of hydrogen-bond acceptors (Lipinski definition) is 4. The van der Waals surface area contributed by atoms with Gasteiger partial charge in [-0.3, -0.25) is 9.59 Å². The van der Waals surface area contributed by atoms with Crippen LogP contribution in [-0.4, -0.2) is 34.2 Å². The van der Waals surface area contributed by atoms with Crippen LogP contribution in [0.5, 0.6) is 0 Å². The molecule has 112 valence electrons. The molecule has 1 amide bonds. The van der Waals surface area contributed by atoms with E-state index in [0.717, 1.165) is 11.3 Å². The van der Waals surface area contributed by atoms with Crippen molar-refractivity contribution in [1.82, 2.24) is 5.32 Å². The molecule has 0 aliphatic rings. The maximum Gasteiger partial charge on any atom is 0.306 e. The summed E-state index contributed by atoms with van der Waals surface area (Å²) in [7, 11) is 0. The number of carboxylic acids is 1. The molecule has 5 nitrogen and oxygen atoms in total. The molecule has 3 N–H and O–H groups in total. The van der Waals surface area contributed by atoms with Crippen molar-refractivity contribution in [2.45, 2.75) is 18.9 Å². The lowest BCUT2D eigenvalue weighted by atomic mass is 10.0. The van der Waals surface area contributed by atoms with Crippen molar-refractivity contribution in [3.63, 3.8) is 0 Å². The number of aliphatic carboxylic acids is 1. The monoisotopic (exact) mass is 311 g/mol. The van der Waals surface area contributed by atoms with Crippen molar-refractivity contribution in [1.29, 1.82) is 0 Å². The zero-order chi connectivity index (χ0) is 15.6. The predicted octanol–water partition coefficient (Wildman–Crippen LogP) is 2.00. The van der Waals surface area contributed by atoms with Gasteiger partial charge in [-0.2, -0.15) is 0 Å². The average molecular weight is 311 g/mol. The Kier molecular flexibility index (Phi) is 4.24. The molecule has 1 aromatic heterocycles. The van der Waals surface area contributed by atoms with E-state index in [1.165, 1.54) is 19.1 Å². The zero-order valence-electron chi connectivity index (χ0n) is 11.2. The topological polar surface area (TPSA) is 86.6 Å². The number of halogens is 1. The van der Waals surface area contributed by atoms with Crippen LogP contribution in [0.1, 0.15) is 23.0 Å². The highest BCUT2D eigenvalue weighted by atomic mass is 32.1. The maximum absolute atomic E-state index is 13.6. The number of nitrogens with one attached hydrogen (secondary N) is 1. The molecule has 1 heterocycles. The van der Waals surface area contributed by atoms with Crippen LogP contribution in [0.25, 0.3) is 10.1 Å². The molecule has 0 saturated heterocycles. The Labute approximate surface area is 124 Å². The minimum Gasteiger partial charge on any atom is -0.481 e. The SMILES string of the molecule is CC(O)(CNC(=O)c1cc2c(F)cccc2s1)CC(=O)O. The van der Waals surface area contributed by atoms with Gasteiger partial charge in [0.15, 0.2) is 0 Å². The Balaban J connectivity index is 2.09. The average Bonchev–Trinajstić information content (AvgIpc) is 2.80. The first-order chi connectivity index (χ1) is 9.78. The van der Waals surface area contributed by atoms with Crippen LogP contribution >= 0.6 is 11.3 Å². The summed E-state index contributed by atoms with van der Waals surface area (Å²) in [5.41, 5.74) is -1.54. The van der Waals surface area contributed by atoms with Crippen LogP contribution in [0, 0.1) is 5.82 Å². The van der Waals surface area contributed by atoms with Gasteiger partial charge in [-0.1, -0.05) is 6.07 Å². The third-order valence-electron chi connectivity index (χ3n) is 2.89. The van der Waals surface area contributed by atoms with Gasteiger partial charge in [-0.15, -0.1) is 11.3 Å². The number of benzene rings is 1. The fourth-order valence-electron chi connectivity index (χ4n) is 1.88. The summed E-state index contributed by atoms with van der Waals surface area (Å²) >= 11 is 1.13. The third-order valence-corrected chi connectivity index (χ3v) is 3.99. The van der Waals surface area contributed by atoms with Crippen molar-refractivity contribution in [3.05, 3.63) is 35.0 Å². The van der Waals surface area contributed by atoms with Crippen LogP contribution in [0.15, 0.2) is 24.3 Å². The van der Waals surface area contributed by atoms with Gasteiger partial charge in [-0.05, 0) is 25.1 Å². The second-order valence-electron chi connectivity index (χ2n) is 5.01. The Hall–Kier alpha value is -1.99. The first-order valence-electron chi connectivity index (χ1n) is 6.19. The van der Waals surface area contributed by atoms with Crippen molar-refractivity contribution < 1.29 is 24.2 Å². The number of thiophene rings is 1. The van der Waals surface area contributed by atoms with Crippen molar-refractivity contribution in [2.24, 2.45) is 0 Å². The lowest BCUT2D eigenvalue weighted by molar-refractivity contribution is -0.141. The lowest BCUT2D eigenvalue weighted by Gasteiger charge is -2.21. The second-order valence-corrected chi connectivity index (χ2v) is 6.10. The molecule has 7 heteroatoms. The number of carbonyl (C=O) groups excluding carboxylic acids is 1. The van der Waals surface area contributed by atoms with Crippen LogP contribution in [0.3, 0.4) is 0 Å². The lowest BCUT2D eigenvalue weighted by Crippen LogP contribution is -2.41. The highest BCUT2D eigenvalue weighted by Crippen LogP contribution is 2.27. The molecule has 1 unspecified atom stereocenters. The largest absolute Gasteiger partial charge is 0.481 e. The smallest absolute Gasteiger partial charge is 0.306 e. The summed E-state index contributed by atoms with van der Waals surface area (Å²) in [6.07, 6.45) is -0.478. The van der Waals surface area contributed by atoms with E-state index in [0.29, 0.717) is 15.0 Å². The van der Waals surface area contributed by atoms with Gasteiger partial charge in [0.05, 0.1) is 16.9 Å². The van der Waals surface area contributed by atoms with Crippen molar-refractivity contribution in [3.8, 4) is 0 Å². The Morgan fingerprint density at radius 3 is 2.76 bits per heavy atom. The summed E-state index contributed by atoms with van der Waals surface area (Å²) in [6.45, 7) is 1.13. The van der Waals surface area contributed by atoms with Crippen LogP contribution in [-0.2, 0) is 4.79 Å². The quantitative estimate of drug-likeness (QED) is 0.788. The normalized spacial score (nSPS) is 13.9.